The van der Waals surface area contributed by atoms with Gasteiger partial charge in [0.1, 0.15) is 11.8 Å². The van der Waals surface area contributed by atoms with E-state index >= 15 is 0 Å². The largest absolute Gasteiger partial charge is 0.493 e. The van der Waals surface area contributed by atoms with Crippen molar-refractivity contribution in [2.45, 2.75) is 30.2 Å². The number of hydrogen-bond acceptors (Lipinski definition) is 7. The molecule has 3 aromatic rings. The van der Waals surface area contributed by atoms with Crippen molar-refractivity contribution in [1.82, 2.24) is 14.4 Å². The number of amides is 1. The minimum Gasteiger partial charge on any atom is -0.493 e. The SMILES string of the molecule is NC(N)=NCCCCCOc1ccn2c(=O)cc(C(=O)NCC(NS(=O)(=O)c3ccccc3)C(=O)O)cc2c1. The summed E-state index contributed by atoms with van der Waals surface area (Å²) < 4.78 is 34.1. The molecule has 0 aliphatic rings. The van der Waals surface area contributed by atoms with E-state index in [1.807, 2.05) is 0 Å². The van der Waals surface area contributed by atoms with Crippen molar-refractivity contribution in [2.24, 2.45) is 16.5 Å². The Morgan fingerprint density at radius 3 is 2.49 bits per heavy atom. The van der Waals surface area contributed by atoms with E-state index in [1.165, 1.54) is 40.9 Å². The number of carbonyl (C=O) groups excluding carboxylic acids is 1. The number of carboxylic acids is 1. The highest BCUT2D eigenvalue weighted by atomic mass is 32.2. The molecule has 0 spiro atoms. The van der Waals surface area contributed by atoms with Crippen LogP contribution in [0.3, 0.4) is 0 Å². The smallest absolute Gasteiger partial charge is 0.323 e. The minimum absolute atomic E-state index is 0.0214. The lowest BCUT2D eigenvalue weighted by atomic mass is 10.2. The van der Waals surface area contributed by atoms with Crippen LogP contribution in [-0.4, -0.2) is 61.5 Å². The number of benzene rings is 1. The molecule has 0 aliphatic heterocycles. The average molecular weight is 559 g/mol. The molecule has 39 heavy (non-hydrogen) atoms. The van der Waals surface area contributed by atoms with Crippen molar-refractivity contribution in [1.29, 1.82) is 0 Å². The van der Waals surface area contributed by atoms with Gasteiger partial charge in [-0.1, -0.05) is 18.2 Å². The molecule has 7 N–H and O–H groups in total. The number of carbonyl (C=O) groups is 2. The molecule has 1 aromatic carbocycles. The molecule has 1 atom stereocenters. The first kappa shape index (κ1) is 29.1. The summed E-state index contributed by atoms with van der Waals surface area (Å²) in [5, 5.41) is 11.9. The summed E-state index contributed by atoms with van der Waals surface area (Å²) in [6.07, 6.45) is 3.95. The van der Waals surface area contributed by atoms with E-state index in [4.69, 9.17) is 16.2 Å². The Morgan fingerprint density at radius 2 is 1.79 bits per heavy atom. The number of aliphatic carboxylic acids is 1. The first-order chi connectivity index (χ1) is 18.6. The lowest BCUT2D eigenvalue weighted by Gasteiger charge is -2.16. The summed E-state index contributed by atoms with van der Waals surface area (Å²) in [6.45, 7) is 0.419. The standard InChI is InChI=1S/C25H30N6O7S/c26-25(27)28-10-5-2-6-12-38-19-9-11-31-18(15-19)13-17(14-22(31)32)23(33)29-16-21(24(34)35)30-39(36,37)20-7-3-1-4-8-20/h1,3-4,7-9,11,13-15,21,30H,2,5-6,10,12,16H2,(H,29,33)(H,34,35)(H4,26,27,28). The molecule has 0 saturated heterocycles. The van der Waals surface area contributed by atoms with Crippen molar-refractivity contribution in [3.05, 3.63) is 76.7 Å². The monoisotopic (exact) mass is 558 g/mol. The van der Waals surface area contributed by atoms with Gasteiger partial charge in [-0.2, -0.15) is 4.72 Å². The topological polar surface area (TPSA) is 208 Å². The van der Waals surface area contributed by atoms with Crippen molar-refractivity contribution in [3.63, 3.8) is 0 Å². The maximum atomic E-state index is 12.7. The van der Waals surface area contributed by atoms with Gasteiger partial charge in [-0.05, 0) is 43.5 Å². The Bertz CT molecular complexity index is 1500. The molecule has 208 valence electrons. The van der Waals surface area contributed by atoms with Gasteiger partial charge >= 0.3 is 5.97 Å². The van der Waals surface area contributed by atoms with E-state index < -0.39 is 40.0 Å². The molecular weight excluding hydrogens is 528 g/mol. The highest BCUT2D eigenvalue weighted by molar-refractivity contribution is 7.89. The number of rotatable bonds is 14. The number of nitrogens with one attached hydrogen (secondary N) is 2. The molecule has 1 unspecified atom stereocenters. The highest BCUT2D eigenvalue weighted by Crippen LogP contribution is 2.15. The van der Waals surface area contributed by atoms with E-state index in [1.54, 1.807) is 18.2 Å². The Balaban J connectivity index is 1.63. The van der Waals surface area contributed by atoms with Crippen molar-refractivity contribution >= 4 is 33.4 Å². The predicted molar refractivity (Wildman–Crippen MR) is 144 cm³/mol. The normalized spacial score (nSPS) is 12.0. The zero-order valence-electron chi connectivity index (χ0n) is 20.9. The Hall–Kier alpha value is -4.43. The van der Waals surface area contributed by atoms with E-state index in [0.717, 1.165) is 25.3 Å². The number of pyridine rings is 2. The molecular formula is C25H30N6O7S. The number of ether oxygens (including phenoxy) is 1. The molecule has 14 heteroatoms. The molecule has 0 fully saturated rings. The minimum atomic E-state index is -4.14. The zero-order valence-corrected chi connectivity index (χ0v) is 21.8. The van der Waals surface area contributed by atoms with Crippen LogP contribution >= 0.6 is 0 Å². The van der Waals surface area contributed by atoms with Gasteiger partial charge in [0.2, 0.25) is 10.0 Å². The van der Waals surface area contributed by atoms with Gasteiger partial charge in [-0.25, -0.2) is 8.42 Å². The summed E-state index contributed by atoms with van der Waals surface area (Å²) in [6, 6.07) is 11.4. The van der Waals surface area contributed by atoms with Crippen molar-refractivity contribution in [2.75, 3.05) is 19.7 Å². The van der Waals surface area contributed by atoms with Crippen LogP contribution in [0.2, 0.25) is 0 Å². The second-order valence-electron chi connectivity index (χ2n) is 8.49. The molecule has 1 amide bonds. The van der Waals surface area contributed by atoms with Gasteiger partial charge in [-0.15, -0.1) is 0 Å². The van der Waals surface area contributed by atoms with Crippen LogP contribution < -0.4 is 31.8 Å². The first-order valence-corrected chi connectivity index (χ1v) is 13.5. The maximum absolute atomic E-state index is 12.7. The van der Waals surface area contributed by atoms with Crippen LogP contribution in [-0.2, 0) is 14.8 Å². The third-order valence-electron chi connectivity index (χ3n) is 5.52. The maximum Gasteiger partial charge on any atom is 0.323 e. The van der Waals surface area contributed by atoms with Crippen molar-refractivity contribution < 1.29 is 27.9 Å². The fourth-order valence-corrected chi connectivity index (χ4v) is 4.76. The number of sulfonamides is 1. The van der Waals surface area contributed by atoms with Crippen LogP contribution in [0.25, 0.3) is 5.52 Å². The number of guanidine groups is 1. The van der Waals surface area contributed by atoms with Gasteiger partial charge in [0.15, 0.2) is 5.96 Å². The second-order valence-corrected chi connectivity index (χ2v) is 10.2. The van der Waals surface area contributed by atoms with Crippen molar-refractivity contribution in [3.8, 4) is 5.75 Å². The number of carboxylic acid groups (broad SMARTS) is 1. The quantitative estimate of drug-likeness (QED) is 0.104. The number of nitrogens with two attached hydrogens (primary N) is 2. The third-order valence-corrected chi connectivity index (χ3v) is 7.01. The van der Waals surface area contributed by atoms with Gasteiger partial charge < -0.3 is 26.6 Å². The lowest BCUT2D eigenvalue weighted by Crippen LogP contribution is -2.48. The summed E-state index contributed by atoms with van der Waals surface area (Å²) in [5.41, 5.74) is 10.5. The fourth-order valence-electron chi connectivity index (χ4n) is 3.55. The Labute approximate surface area is 224 Å². The molecule has 0 aliphatic carbocycles. The summed E-state index contributed by atoms with van der Waals surface area (Å²) in [7, 11) is -4.14. The number of aromatic nitrogens is 1. The molecule has 0 bridgehead atoms. The first-order valence-electron chi connectivity index (χ1n) is 12.0. The van der Waals surface area contributed by atoms with E-state index in [9.17, 15) is 27.9 Å². The third kappa shape index (κ3) is 8.55. The average Bonchev–Trinajstić information content (AvgIpc) is 2.90. The second kappa shape index (κ2) is 13.4. The van der Waals surface area contributed by atoms with Crippen LogP contribution in [0.15, 0.2) is 75.5 Å². The van der Waals surface area contributed by atoms with E-state index in [2.05, 4.69) is 15.0 Å². The number of aliphatic imine (C=N–C) groups is 1. The summed E-state index contributed by atoms with van der Waals surface area (Å²) in [5.74, 6) is -1.67. The number of unbranched alkanes of at least 4 members (excludes halogenated alkanes) is 2. The molecule has 0 saturated carbocycles. The van der Waals surface area contributed by atoms with Crippen LogP contribution in [0.1, 0.15) is 29.6 Å². The summed E-state index contributed by atoms with van der Waals surface area (Å²) >= 11 is 0. The molecule has 2 heterocycles. The van der Waals surface area contributed by atoms with Gasteiger partial charge in [0.05, 0.1) is 17.0 Å². The fraction of sp³-hybridized carbons (Fsp3) is 0.280. The van der Waals surface area contributed by atoms with Gasteiger partial charge in [0.25, 0.3) is 11.5 Å². The predicted octanol–water partition coefficient (Wildman–Crippen LogP) is 0.284. The zero-order chi connectivity index (χ0) is 28.4. The Kier molecular flexibility index (Phi) is 10.0. The molecule has 0 radical (unpaired) electrons. The highest BCUT2D eigenvalue weighted by Gasteiger charge is 2.26. The van der Waals surface area contributed by atoms with E-state index in [0.29, 0.717) is 24.4 Å². The van der Waals surface area contributed by atoms with Crippen LogP contribution in [0.5, 0.6) is 5.75 Å². The summed E-state index contributed by atoms with van der Waals surface area (Å²) in [4.78, 5) is 40.7. The molecule has 3 rings (SSSR count). The number of nitrogens with zero attached hydrogens (tertiary/aromatic N) is 2. The van der Waals surface area contributed by atoms with Gasteiger partial charge in [-0.3, -0.25) is 23.8 Å². The Morgan fingerprint density at radius 1 is 1.05 bits per heavy atom. The van der Waals surface area contributed by atoms with E-state index in [-0.39, 0.29) is 16.4 Å². The number of fused-ring (bicyclic) bond motifs is 1. The molecule has 13 nitrogen and oxygen atoms in total. The van der Waals surface area contributed by atoms with Crippen LogP contribution in [0.4, 0.5) is 0 Å². The van der Waals surface area contributed by atoms with Gasteiger partial charge in [0, 0.05) is 37.0 Å². The van der Waals surface area contributed by atoms with Crippen LogP contribution in [0, 0.1) is 0 Å². The molecule has 2 aromatic heterocycles. The number of hydrogen-bond donors (Lipinski definition) is 5. The lowest BCUT2D eigenvalue weighted by molar-refractivity contribution is -0.138.